The Morgan fingerprint density at radius 2 is 1.85 bits per heavy atom. The van der Waals surface area contributed by atoms with E-state index in [2.05, 4.69) is 14.8 Å². The number of fused-ring (bicyclic) bond motifs is 1. The Morgan fingerprint density at radius 1 is 1.06 bits per heavy atom. The fraction of sp³-hybridized carbons (Fsp3) is 0.333. The molecule has 0 amide bonds. The molecular formula is C27H28FN3O2. The standard InChI is InChI=1S/C27H28FN3O2/c1-19-7-8-23(28)13-21(19)18-30-9-11-31(12-10-30)27(22-14-24(33-2)17-29-16-22)15-20-5-3-4-6-25(20)26(27)32/h3-8,13-14,16-17H,9-12,15,18H2,1-2H3. The van der Waals surface area contributed by atoms with Crippen LogP contribution in [0.4, 0.5) is 4.39 Å². The number of aryl methyl sites for hydroxylation is 1. The molecule has 1 aromatic heterocycles. The average molecular weight is 446 g/mol. The summed E-state index contributed by atoms with van der Waals surface area (Å²) < 4.78 is 19.2. The molecular weight excluding hydrogens is 417 g/mol. The molecule has 1 aliphatic carbocycles. The van der Waals surface area contributed by atoms with Crippen molar-refractivity contribution >= 4 is 5.78 Å². The highest BCUT2D eigenvalue weighted by atomic mass is 19.1. The first-order valence-electron chi connectivity index (χ1n) is 11.4. The molecule has 170 valence electrons. The van der Waals surface area contributed by atoms with E-state index in [1.54, 1.807) is 25.6 Å². The van der Waals surface area contributed by atoms with Crippen LogP contribution < -0.4 is 4.74 Å². The maximum absolute atomic E-state index is 13.9. The number of rotatable bonds is 5. The second-order valence-electron chi connectivity index (χ2n) is 8.97. The molecule has 0 bridgehead atoms. The van der Waals surface area contributed by atoms with Gasteiger partial charge in [-0.1, -0.05) is 30.3 Å². The number of methoxy groups -OCH3 is 1. The van der Waals surface area contributed by atoms with E-state index in [1.807, 2.05) is 43.3 Å². The predicted molar refractivity (Wildman–Crippen MR) is 125 cm³/mol. The van der Waals surface area contributed by atoms with Crippen LogP contribution in [0.25, 0.3) is 0 Å². The van der Waals surface area contributed by atoms with Gasteiger partial charge in [-0.3, -0.25) is 19.6 Å². The fourth-order valence-corrected chi connectivity index (χ4v) is 5.24. The van der Waals surface area contributed by atoms with E-state index in [-0.39, 0.29) is 11.6 Å². The van der Waals surface area contributed by atoms with Gasteiger partial charge in [0, 0.05) is 56.5 Å². The molecule has 1 fully saturated rings. The Kier molecular flexibility index (Phi) is 5.72. The molecule has 0 radical (unpaired) electrons. The molecule has 0 N–H and O–H groups in total. The minimum Gasteiger partial charge on any atom is -0.495 e. The van der Waals surface area contributed by atoms with Gasteiger partial charge in [0.2, 0.25) is 0 Å². The van der Waals surface area contributed by atoms with Gasteiger partial charge in [-0.05, 0) is 41.8 Å². The van der Waals surface area contributed by atoms with E-state index in [0.717, 1.165) is 54.0 Å². The Labute approximate surface area is 193 Å². The van der Waals surface area contributed by atoms with Crippen molar-refractivity contribution in [3.63, 3.8) is 0 Å². The smallest absolute Gasteiger partial charge is 0.188 e. The number of Topliss-reactive ketones (excluding diaryl/α,β-unsaturated/α-hetero) is 1. The summed E-state index contributed by atoms with van der Waals surface area (Å²) in [4.78, 5) is 22.9. The normalized spacial score (nSPS) is 21.2. The summed E-state index contributed by atoms with van der Waals surface area (Å²) in [6.07, 6.45) is 4.09. The summed E-state index contributed by atoms with van der Waals surface area (Å²) in [5.41, 5.74) is 4.06. The monoisotopic (exact) mass is 445 g/mol. The topological polar surface area (TPSA) is 45.7 Å². The Hall–Kier alpha value is -3.09. The molecule has 1 unspecified atom stereocenters. The third-order valence-electron chi connectivity index (χ3n) is 7.13. The van der Waals surface area contributed by atoms with Crippen molar-refractivity contribution in [2.24, 2.45) is 0 Å². The first kappa shape index (κ1) is 21.7. The molecule has 3 aromatic rings. The van der Waals surface area contributed by atoms with Crippen LogP contribution in [-0.2, 0) is 18.5 Å². The number of pyridine rings is 1. The molecule has 33 heavy (non-hydrogen) atoms. The van der Waals surface area contributed by atoms with Gasteiger partial charge in [0.25, 0.3) is 0 Å². The molecule has 6 heteroatoms. The van der Waals surface area contributed by atoms with Crippen molar-refractivity contribution in [2.45, 2.75) is 25.4 Å². The quantitative estimate of drug-likeness (QED) is 0.594. The van der Waals surface area contributed by atoms with Gasteiger partial charge < -0.3 is 4.74 Å². The summed E-state index contributed by atoms with van der Waals surface area (Å²) in [6.45, 7) is 5.82. The highest BCUT2D eigenvalue weighted by molar-refractivity contribution is 6.08. The van der Waals surface area contributed by atoms with Crippen molar-refractivity contribution < 1.29 is 13.9 Å². The predicted octanol–water partition coefficient (Wildman–Crippen LogP) is 3.99. The lowest BCUT2D eigenvalue weighted by Crippen LogP contribution is -2.58. The maximum atomic E-state index is 13.9. The molecule has 1 aliphatic heterocycles. The highest BCUT2D eigenvalue weighted by Crippen LogP contribution is 2.43. The number of halogens is 1. The molecule has 5 rings (SSSR count). The van der Waals surface area contributed by atoms with Gasteiger partial charge in [0.05, 0.1) is 13.3 Å². The van der Waals surface area contributed by atoms with Gasteiger partial charge in [-0.15, -0.1) is 0 Å². The molecule has 0 spiro atoms. The van der Waals surface area contributed by atoms with E-state index in [0.29, 0.717) is 18.7 Å². The number of nitrogens with zero attached hydrogens (tertiary/aromatic N) is 3. The van der Waals surface area contributed by atoms with Crippen LogP contribution in [0.5, 0.6) is 5.75 Å². The zero-order chi connectivity index (χ0) is 23.0. The van der Waals surface area contributed by atoms with E-state index in [4.69, 9.17) is 4.74 Å². The number of aromatic nitrogens is 1. The molecule has 2 aromatic carbocycles. The minimum absolute atomic E-state index is 0.127. The van der Waals surface area contributed by atoms with Crippen LogP contribution >= 0.6 is 0 Å². The summed E-state index contributed by atoms with van der Waals surface area (Å²) in [7, 11) is 1.62. The van der Waals surface area contributed by atoms with Crippen molar-refractivity contribution in [3.05, 3.63) is 94.6 Å². The van der Waals surface area contributed by atoms with E-state index in [9.17, 15) is 9.18 Å². The van der Waals surface area contributed by atoms with Crippen LogP contribution in [0.15, 0.2) is 60.9 Å². The van der Waals surface area contributed by atoms with Crippen molar-refractivity contribution in [3.8, 4) is 5.75 Å². The van der Waals surface area contributed by atoms with Crippen LogP contribution in [0.2, 0.25) is 0 Å². The SMILES string of the molecule is COc1cncc(C2(N3CCN(Cc4cc(F)ccc4C)CC3)Cc3ccccc3C2=O)c1. The summed E-state index contributed by atoms with van der Waals surface area (Å²) >= 11 is 0. The highest BCUT2D eigenvalue weighted by Gasteiger charge is 2.51. The van der Waals surface area contributed by atoms with Gasteiger partial charge in [0.15, 0.2) is 5.78 Å². The van der Waals surface area contributed by atoms with Crippen molar-refractivity contribution in [1.82, 2.24) is 14.8 Å². The first-order valence-corrected chi connectivity index (χ1v) is 11.4. The number of piperazine rings is 1. The van der Waals surface area contributed by atoms with Gasteiger partial charge >= 0.3 is 0 Å². The van der Waals surface area contributed by atoms with Crippen LogP contribution in [-0.4, -0.2) is 53.9 Å². The van der Waals surface area contributed by atoms with Gasteiger partial charge in [-0.2, -0.15) is 0 Å². The molecule has 0 saturated carbocycles. The van der Waals surface area contributed by atoms with Gasteiger partial charge in [0.1, 0.15) is 17.1 Å². The van der Waals surface area contributed by atoms with Gasteiger partial charge in [-0.25, -0.2) is 4.39 Å². The first-order chi connectivity index (χ1) is 16.0. The molecule has 1 saturated heterocycles. The zero-order valence-corrected chi connectivity index (χ0v) is 19.1. The lowest BCUT2D eigenvalue weighted by Gasteiger charge is -2.45. The Morgan fingerprint density at radius 3 is 2.61 bits per heavy atom. The average Bonchev–Trinajstić information content (AvgIpc) is 3.15. The lowest BCUT2D eigenvalue weighted by atomic mass is 9.84. The molecule has 2 aliphatic rings. The molecule has 2 heterocycles. The van der Waals surface area contributed by atoms with Crippen molar-refractivity contribution in [2.75, 3.05) is 33.3 Å². The number of benzene rings is 2. The second-order valence-corrected chi connectivity index (χ2v) is 8.97. The lowest BCUT2D eigenvalue weighted by molar-refractivity contribution is 0.0285. The molecule has 5 nitrogen and oxygen atoms in total. The number of hydrogen-bond donors (Lipinski definition) is 0. The van der Waals surface area contributed by atoms with E-state index < -0.39 is 5.54 Å². The molecule has 1 atom stereocenters. The summed E-state index contributed by atoms with van der Waals surface area (Å²) in [5, 5.41) is 0. The van der Waals surface area contributed by atoms with Crippen LogP contribution in [0.3, 0.4) is 0 Å². The number of ether oxygens (including phenoxy) is 1. The summed E-state index contributed by atoms with van der Waals surface area (Å²) in [5.74, 6) is 0.575. The third-order valence-corrected chi connectivity index (χ3v) is 7.13. The number of hydrogen-bond acceptors (Lipinski definition) is 5. The maximum Gasteiger partial charge on any atom is 0.188 e. The summed E-state index contributed by atoms with van der Waals surface area (Å²) in [6, 6.07) is 14.8. The number of ketones is 1. The number of carbonyl (C=O) groups is 1. The fourth-order valence-electron chi connectivity index (χ4n) is 5.24. The third kappa shape index (κ3) is 3.83. The zero-order valence-electron chi connectivity index (χ0n) is 19.1. The Balaban J connectivity index is 1.43. The second kappa shape index (κ2) is 8.69. The van der Waals surface area contributed by atoms with E-state index >= 15 is 0 Å². The van der Waals surface area contributed by atoms with Crippen LogP contribution in [0.1, 0.15) is 32.6 Å². The number of carbonyl (C=O) groups excluding carboxylic acids is 1. The largest absolute Gasteiger partial charge is 0.495 e. The van der Waals surface area contributed by atoms with E-state index in [1.165, 1.54) is 6.07 Å². The van der Waals surface area contributed by atoms with Crippen molar-refractivity contribution in [1.29, 1.82) is 0 Å². The Bertz CT molecular complexity index is 1190. The minimum atomic E-state index is -0.786. The van der Waals surface area contributed by atoms with Crippen LogP contribution in [0, 0.1) is 12.7 Å².